The highest BCUT2D eigenvalue weighted by atomic mass is 16.3. The van der Waals surface area contributed by atoms with Crippen molar-refractivity contribution in [3.63, 3.8) is 0 Å². The first-order valence-corrected chi connectivity index (χ1v) is 3.61. The Morgan fingerprint density at radius 3 is 3.00 bits per heavy atom. The number of fused-ring (bicyclic) bond motifs is 1. The minimum absolute atomic E-state index is 0.951. The van der Waals surface area contributed by atoms with Crippen LogP contribution in [0.4, 0.5) is 0 Å². The third kappa shape index (κ3) is 0.909. The second-order valence-corrected chi connectivity index (χ2v) is 2.81. The monoisotopic (exact) mass is 148 g/mol. The molecule has 1 aromatic heterocycles. The van der Waals surface area contributed by atoms with Crippen molar-refractivity contribution >= 4 is 11.1 Å². The summed E-state index contributed by atoms with van der Waals surface area (Å²) >= 11 is 0. The summed E-state index contributed by atoms with van der Waals surface area (Å²) in [6, 6.07) is 6.18. The second-order valence-electron chi connectivity index (χ2n) is 2.81. The zero-order chi connectivity index (χ0) is 7.84. The number of hydrogen-bond acceptors (Lipinski definition) is 1. The molecule has 0 saturated heterocycles. The molecule has 0 radical (unpaired) electrons. The molecule has 11 heavy (non-hydrogen) atoms. The van der Waals surface area contributed by atoms with Gasteiger partial charge in [0, 0.05) is 6.07 Å². The minimum Gasteiger partial charge on any atom is -0.404 e. The van der Waals surface area contributed by atoms with Crippen molar-refractivity contribution in [2.24, 2.45) is 7.05 Å². The van der Waals surface area contributed by atoms with Gasteiger partial charge in [-0.05, 0) is 18.6 Å². The molecule has 0 N–H and O–H groups in total. The number of aryl methyl sites for hydroxylation is 2. The van der Waals surface area contributed by atoms with Crippen molar-refractivity contribution in [2.45, 2.75) is 6.92 Å². The number of hydrogen-bond donors (Lipinski definition) is 0. The summed E-state index contributed by atoms with van der Waals surface area (Å²) in [5.74, 6) is 0. The molecule has 0 aliphatic carbocycles. The highest BCUT2D eigenvalue weighted by Crippen LogP contribution is 2.11. The topological polar surface area (TPSA) is 17.0 Å². The van der Waals surface area contributed by atoms with Crippen LogP contribution in [0.1, 0.15) is 5.56 Å². The molecule has 1 aromatic carbocycles. The van der Waals surface area contributed by atoms with Crippen LogP contribution < -0.4 is 4.57 Å². The average molecular weight is 148 g/mol. The first kappa shape index (κ1) is 6.40. The maximum absolute atomic E-state index is 5.29. The van der Waals surface area contributed by atoms with Gasteiger partial charge in [-0.2, -0.15) is 4.57 Å². The van der Waals surface area contributed by atoms with Crippen molar-refractivity contribution in [1.82, 2.24) is 0 Å². The number of rotatable bonds is 0. The summed E-state index contributed by atoms with van der Waals surface area (Å²) in [5, 5.41) is 0. The summed E-state index contributed by atoms with van der Waals surface area (Å²) < 4.78 is 7.26. The molecule has 2 nitrogen and oxygen atoms in total. The van der Waals surface area contributed by atoms with Gasteiger partial charge in [0.15, 0.2) is 0 Å². The lowest BCUT2D eigenvalue weighted by molar-refractivity contribution is -0.650. The molecule has 0 atom stereocenters. The molecule has 1 heterocycles. The standard InChI is InChI=1S/C9H10NO/c1-7-3-4-8-9(5-7)11-6-10(8)2/h3-6H,1-2H3/q+1. The van der Waals surface area contributed by atoms with Crippen molar-refractivity contribution in [3.05, 3.63) is 30.2 Å². The van der Waals surface area contributed by atoms with E-state index in [0.29, 0.717) is 0 Å². The fourth-order valence-electron chi connectivity index (χ4n) is 1.20. The first-order valence-electron chi connectivity index (χ1n) is 3.61. The van der Waals surface area contributed by atoms with Crippen LogP contribution in [0.25, 0.3) is 11.1 Å². The molecule has 0 fully saturated rings. The Hall–Kier alpha value is -1.31. The minimum atomic E-state index is 0.951. The van der Waals surface area contributed by atoms with E-state index >= 15 is 0 Å². The molecule has 0 bridgehead atoms. The van der Waals surface area contributed by atoms with Crippen molar-refractivity contribution < 1.29 is 8.98 Å². The van der Waals surface area contributed by atoms with E-state index in [9.17, 15) is 0 Å². The van der Waals surface area contributed by atoms with Crippen molar-refractivity contribution in [1.29, 1.82) is 0 Å². The Morgan fingerprint density at radius 1 is 1.36 bits per heavy atom. The molecule has 2 aromatic rings. The fraction of sp³-hybridized carbons (Fsp3) is 0.222. The van der Waals surface area contributed by atoms with Crippen LogP contribution >= 0.6 is 0 Å². The van der Waals surface area contributed by atoms with Gasteiger partial charge in [0.1, 0.15) is 7.05 Å². The van der Waals surface area contributed by atoms with Gasteiger partial charge in [0.2, 0.25) is 5.58 Å². The maximum Gasteiger partial charge on any atom is 0.335 e. The van der Waals surface area contributed by atoms with Gasteiger partial charge in [-0.25, -0.2) is 0 Å². The predicted molar refractivity (Wildman–Crippen MR) is 42.1 cm³/mol. The summed E-state index contributed by atoms with van der Waals surface area (Å²) in [4.78, 5) is 0. The molecular weight excluding hydrogens is 138 g/mol. The number of aromatic nitrogens is 1. The number of benzene rings is 1. The molecule has 0 aliphatic heterocycles. The lowest BCUT2D eigenvalue weighted by atomic mass is 10.2. The zero-order valence-electron chi connectivity index (χ0n) is 6.66. The van der Waals surface area contributed by atoms with Crippen LogP contribution in [0.2, 0.25) is 0 Å². The van der Waals surface area contributed by atoms with Gasteiger partial charge >= 0.3 is 6.39 Å². The summed E-state index contributed by atoms with van der Waals surface area (Å²) in [7, 11) is 1.97. The maximum atomic E-state index is 5.29. The Kier molecular flexibility index (Phi) is 1.22. The Labute approximate surface area is 65.1 Å². The molecule has 56 valence electrons. The van der Waals surface area contributed by atoms with Gasteiger partial charge in [0.25, 0.3) is 5.52 Å². The van der Waals surface area contributed by atoms with Crippen molar-refractivity contribution in [3.8, 4) is 0 Å². The van der Waals surface area contributed by atoms with Gasteiger partial charge < -0.3 is 4.42 Å². The normalized spacial score (nSPS) is 10.7. The van der Waals surface area contributed by atoms with Crippen LogP contribution in [-0.4, -0.2) is 0 Å². The average Bonchev–Trinajstić information content (AvgIpc) is 2.32. The van der Waals surface area contributed by atoms with E-state index in [0.717, 1.165) is 11.1 Å². The predicted octanol–water partition coefficient (Wildman–Crippen LogP) is 1.57. The van der Waals surface area contributed by atoms with Crippen LogP contribution in [0, 0.1) is 6.92 Å². The molecule has 0 amide bonds. The Balaban J connectivity index is 2.86. The highest BCUT2D eigenvalue weighted by molar-refractivity contribution is 5.69. The van der Waals surface area contributed by atoms with Crippen LogP contribution in [0.15, 0.2) is 29.0 Å². The molecular formula is C9H10NO+. The Bertz CT molecular complexity index is 389. The van der Waals surface area contributed by atoms with Gasteiger partial charge in [-0.15, -0.1) is 0 Å². The van der Waals surface area contributed by atoms with Crippen LogP contribution in [0.3, 0.4) is 0 Å². The molecule has 0 spiro atoms. The lowest BCUT2D eigenvalue weighted by Crippen LogP contribution is -2.24. The second kappa shape index (κ2) is 2.09. The third-order valence-electron chi connectivity index (χ3n) is 1.83. The summed E-state index contributed by atoms with van der Waals surface area (Å²) in [6.45, 7) is 2.06. The number of oxazole rings is 1. The Morgan fingerprint density at radius 2 is 2.18 bits per heavy atom. The van der Waals surface area contributed by atoms with Crippen LogP contribution in [0.5, 0.6) is 0 Å². The smallest absolute Gasteiger partial charge is 0.335 e. The van der Waals surface area contributed by atoms with E-state index < -0.39 is 0 Å². The van der Waals surface area contributed by atoms with Gasteiger partial charge in [-0.1, -0.05) is 6.07 Å². The molecule has 2 heteroatoms. The van der Waals surface area contributed by atoms with E-state index in [1.54, 1.807) is 6.39 Å². The molecule has 0 saturated carbocycles. The summed E-state index contributed by atoms with van der Waals surface area (Å²) in [5.41, 5.74) is 3.32. The quantitative estimate of drug-likeness (QED) is 0.518. The lowest BCUT2D eigenvalue weighted by Gasteiger charge is -1.86. The van der Waals surface area contributed by atoms with Crippen LogP contribution in [-0.2, 0) is 7.05 Å². The van der Waals surface area contributed by atoms with E-state index in [-0.39, 0.29) is 0 Å². The van der Waals surface area contributed by atoms with Gasteiger partial charge in [0.05, 0.1) is 0 Å². The van der Waals surface area contributed by atoms with E-state index in [4.69, 9.17) is 4.42 Å². The molecule has 0 unspecified atom stereocenters. The van der Waals surface area contributed by atoms with E-state index in [1.165, 1.54) is 5.56 Å². The molecule has 0 aliphatic rings. The molecule has 2 rings (SSSR count). The van der Waals surface area contributed by atoms with E-state index in [1.807, 2.05) is 17.7 Å². The largest absolute Gasteiger partial charge is 0.404 e. The SMILES string of the molecule is Cc1ccc2c(c1)oc[n+]2C. The van der Waals surface area contributed by atoms with Crippen molar-refractivity contribution in [2.75, 3.05) is 0 Å². The van der Waals surface area contributed by atoms with E-state index in [2.05, 4.69) is 19.1 Å². The zero-order valence-corrected chi connectivity index (χ0v) is 6.66. The number of nitrogens with zero attached hydrogens (tertiary/aromatic N) is 1. The van der Waals surface area contributed by atoms with Gasteiger partial charge in [-0.3, -0.25) is 0 Å². The summed E-state index contributed by atoms with van der Waals surface area (Å²) in [6.07, 6.45) is 1.71. The highest BCUT2D eigenvalue weighted by Gasteiger charge is 2.07. The third-order valence-corrected chi connectivity index (χ3v) is 1.83. The fourth-order valence-corrected chi connectivity index (χ4v) is 1.20. The first-order chi connectivity index (χ1) is 5.27.